The summed E-state index contributed by atoms with van der Waals surface area (Å²) >= 11 is 0. The van der Waals surface area contributed by atoms with Crippen LogP contribution < -0.4 is 4.90 Å². The van der Waals surface area contributed by atoms with E-state index in [2.05, 4.69) is 15.3 Å². The molecule has 32 heavy (non-hydrogen) atoms. The number of anilines is 1. The zero-order valence-corrected chi connectivity index (χ0v) is 17.7. The van der Waals surface area contributed by atoms with Crippen LogP contribution in [-0.2, 0) is 25.2 Å². The Kier molecular flexibility index (Phi) is 6.24. The molecule has 0 radical (unpaired) electrons. The summed E-state index contributed by atoms with van der Waals surface area (Å²) in [5.74, 6) is -1.66. The molecule has 0 aliphatic carbocycles. The van der Waals surface area contributed by atoms with Gasteiger partial charge < -0.3 is 14.6 Å². The summed E-state index contributed by atoms with van der Waals surface area (Å²) in [6, 6.07) is 2.17. The number of rotatable bonds is 4. The van der Waals surface area contributed by atoms with E-state index in [-0.39, 0.29) is 18.1 Å². The van der Waals surface area contributed by atoms with Crippen LogP contribution in [0.2, 0.25) is 0 Å². The maximum Gasteiger partial charge on any atom is 0.435 e. The molecule has 0 saturated carbocycles. The number of morpholine rings is 1. The molecule has 0 unspecified atom stereocenters. The predicted molar refractivity (Wildman–Crippen MR) is 103 cm³/mol. The van der Waals surface area contributed by atoms with Crippen molar-refractivity contribution in [2.45, 2.75) is 57.8 Å². The first-order chi connectivity index (χ1) is 14.8. The summed E-state index contributed by atoms with van der Waals surface area (Å²) < 4.78 is 50.4. The predicted octanol–water partition coefficient (Wildman–Crippen LogP) is 1.50. The van der Waals surface area contributed by atoms with Gasteiger partial charge in [0.05, 0.1) is 24.5 Å². The first kappa shape index (κ1) is 23.6. The lowest BCUT2D eigenvalue weighted by Gasteiger charge is -2.36. The summed E-state index contributed by atoms with van der Waals surface area (Å²) in [5.41, 5.74) is -2.09. The SMILES string of the molecule is C[C@H]1CN(c2ccn(-c3cnnc(C(F)(F)F)c3)n2)C(=O)[C@@H]([C@@H](O)C(=O)OC(C)(C)C)O1. The van der Waals surface area contributed by atoms with Gasteiger partial charge in [0.15, 0.2) is 23.7 Å². The van der Waals surface area contributed by atoms with Gasteiger partial charge in [-0.15, -0.1) is 10.2 Å². The van der Waals surface area contributed by atoms with Crippen LogP contribution >= 0.6 is 0 Å². The lowest BCUT2D eigenvalue weighted by atomic mass is 10.1. The highest BCUT2D eigenvalue weighted by Crippen LogP contribution is 2.28. The molecule has 0 aromatic carbocycles. The third-order valence-electron chi connectivity index (χ3n) is 4.31. The molecule has 1 aliphatic heterocycles. The van der Waals surface area contributed by atoms with Crippen LogP contribution in [0.5, 0.6) is 0 Å². The lowest BCUT2D eigenvalue weighted by molar-refractivity contribution is -0.181. The van der Waals surface area contributed by atoms with Crippen molar-refractivity contribution < 1.29 is 37.3 Å². The van der Waals surface area contributed by atoms with Gasteiger partial charge in [0.2, 0.25) is 0 Å². The Morgan fingerprint density at radius 2 is 2.03 bits per heavy atom. The van der Waals surface area contributed by atoms with E-state index in [0.717, 1.165) is 16.9 Å². The van der Waals surface area contributed by atoms with E-state index in [1.54, 1.807) is 27.7 Å². The number of aliphatic hydroxyl groups is 1. The maximum absolute atomic E-state index is 12.9. The van der Waals surface area contributed by atoms with Crippen molar-refractivity contribution in [3.63, 3.8) is 0 Å². The zero-order valence-electron chi connectivity index (χ0n) is 17.7. The number of amides is 1. The zero-order chi connectivity index (χ0) is 23.8. The number of esters is 1. The number of aliphatic hydroxyl groups excluding tert-OH is 1. The van der Waals surface area contributed by atoms with Crippen molar-refractivity contribution in [2.75, 3.05) is 11.4 Å². The summed E-state index contributed by atoms with van der Waals surface area (Å²) in [5, 5.41) is 20.9. The van der Waals surface area contributed by atoms with Crippen molar-refractivity contribution in [3.8, 4) is 5.69 Å². The number of carbonyl (C=O) groups is 2. The maximum atomic E-state index is 12.9. The minimum atomic E-state index is -4.68. The molecule has 2 aromatic rings. The number of hydrogen-bond donors (Lipinski definition) is 1. The van der Waals surface area contributed by atoms with Gasteiger partial charge in [-0.25, -0.2) is 9.48 Å². The van der Waals surface area contributed by atoms with Crippen LogP contribution in [-0.4, -0.2) is 67.4 Å². The van der Waals surface area contributed by atoms with E-state index in [1.807, 2.05) is 0 Å². The molecule has 1 saturated heterocycles. The molecule has 1 aliphatic rings. The average Bonchev–Trinajstić information content (AvgIpc) is 3.17. The third-order valence-corrected chi connectivity index (χ3v) is 4.31. The summed E-state index contributed by atoms with van der Waals surface area (Å²) in [6.07, 6.45) is -6.21. The van der Waals surface area contributed by atoms with E-state index in [0.29, 0.717) is 0 Å². The van der Waals surface area contributed by atoms with Crippen molar-refractivity contribution >= 4 is 17.7 Å². The fraction of sp³-hybridized carbons (Fsp3) is 0.526. The molecule has 10 nitrogen and oxygen atoms in total. The van der Waals surface area contributed by atoms with Crippen molar-refractivity contribution in [1.29, 1.82) is 0 Å². The number of ether oxygens (including phenoxy) is 2. The van der Waals surface area contributed by atoms with Crippen molar-refractivity contribution in [2.24, 2.45) is 0 Å². The molecule has 0 bridgehead atoms. The van der Waals surface area contributed by atoms with Gasteiger partial charge in [0.25, 0.3) is 5.91 Å². The minimum Gasteiger partial charge on any atom is -0.458 e. The van der Waals surface area contributed by atoms with Gasteiger partial charge in [0, 0.05) is 12.3 Å². The van der Waals surface area contributed by atoms with Crippen LogP contribution in [0.15, 0.2) is 24.5 Å². The number of hydrogen-bond acceptors (Lipinski definition) is 8. The highest BCUT2D eigenvalue weighted by atomic mass is 19.4. The molecule has 1 amide bonds. The molecule has 1 fully saturated rings. The molecule has 2 aromatic heterocycles. The molecule has 174 valence electrons. The molecule has 1 N–H and O–H groups in total. The molecular formula is C19H22F3N5O5. The monoisotopic (exact) mass is 457 g/mol. The molecular weight excluding hydrogens is 435 g/mol. The van der Waals surface area contributed by atoms with Gasteiger partial charge in [-0.1, -0.05) is 0 Å². The average molecular weight is 457 g/mol. The number of alkyl halides is 3. The Morgan fingerprint density at radius 1 is 1.34 bits per heavy atom. The van der Waals surface area contributed by atoms with E-state index < -0.39 is 47.7 Å². The summed E-state index contributed by atoms with van der Waals surface area (Å²) in [7, 11) is 0. The van der Waals surface area contributed by atoms with Crippen molar-refractivity contribution in [1.82, 2.24) is 20.0 Å². The topological polar surface area (TPSA) is 120 Å². The smallest absolute Gasteiger partial charge is 0.435 e. The second-order valence-electron chi connectivity index (χ2n) is 8.21. The van der Waals surface area contributed by atoms with E-state index >= 15 is 0 Å². The molecule has 3 atom stereocenters. The Balaban J connectivity index is 1.83. The third kappa shape index (κ3) is 5.22. The summed E-state index contributed by atoms with van der Waals surface area (Å²) in [4.78, 5) is 26.3. The Labute approximate surface area is 180 Å². The summed E-state index contributed by atoms with van der Waals surface area (Å²) in [6.45, 7) is 6.52. The fourth-order valence-corrected chi connectivity index (χ4v) is 2.98. The molecule has 3 rings (SSSR count). The second kappa shape index (κ2) is 8.47. The van der Waals surface area contributed by atoms with E-state index in [9.17, 15) is 27.9 Å². The highest BCUT2D eigenvalue weighted by Gasteiger charge is 2.43. The minimum absolute atomic E-state index is 0.0160. The fourth-order valence-electron chi connectivity index (χ4n) is 2.98. The standard InChI is InChI=1S/C19H22F3N5O5/c1-10-9-26(16(29)15(31-10)14(28)17(30)32-18(2,3)4)13-5-6-27(25-13)11-7-12(19(20,21)22)24-23-8-11/h5-8,10,14-15,28H,9H2,1-4H3/t10-,14+,15+/m0/s1. The van der Waals surface area contributed by atoms with Crippen LogP contribution in [0.4, 0.5) is 19.0 Å². The van der Waals surface area contributed by atoms with Crippen LogP contribution in [0.3, 0.4) is 0 Å². The Hall–Kier alpha value is -3.06. The van der Waals surface area contributed by atoms with Gasteiger partial charge in [-0.05, 0) is 33.8 Å². The lowest BCUT2D eigenvalue weighted by Crippen LogP contribution is -2.57. The number of aromatic nitrogens is 4. The normalized spacial score (nSPS) is 20.9. The van der Waals surface area contributed by atoms with Gasteiger partial charge in [0.1, 0.15) is 5.60 Å². The Bertz CT molecular complexity index is 1000. The highest BCUT2D eigenvalue weighted by molar-refractivity contribution is 5.99. The van der Waals surface area contributed by atoms with Gasteiger partial charge in [-0.2, -0.15) is 18.3 Å². The van der Waals surface area contributed by atoms with Crippen LogP contribution in [0.25, 0.3) is 5.69 Å². The number of halogens is 3. The number of carbonyl (C=O) groups excluding carboxylic acids is 2. The second-order valence-corrected chi connectivity index (χ2v) is 8.21. The molecule has 0 spiro atoms. The van der Waals surface area contributed by atoms with E-state index in [1.165, 1.54) is 17.2 Å². The Morgan fingerprint density at radius 3 is 2.66 bits per heavy atom. The quantitative estimate of drug-likeness (QED) is 0.686. The van der Waals surface area contributed by atoms with Gasteiger partial charge in [-0.3, -0.25) is 9.69 Å². The first-order valence-corrected chi connectivity index (χ1v) is 9.60. The molecule has 13 heteroatoms. The van der Waals surface area contributed by atoms with E-state index in [4.69, 9.17) is 9.47 Å². The largest absolute Gasteiger partial charge is 0.458 e. The number of nitrogens with zero attached hydrogens (tertiary/aromatic N) is 5. The van der Waals surface area contributed by atoms with Gasteiger partial charge >= 0.3 is 12.1 Å². The van der Waals surface area contributed by atoms with Crippen LogP contribution in [0.1, 0.15) is 33.4 Å². The van der Waals surface area contributed by atoms with Crippen molar-refractivity contribution in [3.05, 3.63) is 30.2 Å². The first-order valence-electron chi connectivity index (χ1n) is 9.60. The molecule has 3 heterocycles. The van der Waals surface area contributed by atoms with Crippen LogP contribution in [0, 0.1) is 0 Å².